The Bertz CT molecular complexity index is 438. The molecule has 2 N–H and O–H groups in total. The zero-order valence-electron chi connectivity index (χ0n) is 9.64. The Kier molecular flexibility index (Phi) is 4.94. The summed E-state index contributed by atoms with van der Waals surface area (Å²) in [5, 5.41) is 11.0. The number of nitrogens with one attached hydrogen (secondary N) is 1. The predicted octanol–water partition coefficient (Wildman–Crippen LogP) is 1.51. The van der Waals surface area contributed by atoms with E-state index in [0.29, 0.717) is 6.54 Å². The number of carbonyl (C=O) groups excluding carboxylic acids is 1. The number of amides is 1. The minimum Gasteiger partial charge on any atom is -0.478 e. The molecule has 0 radical (unpaired) electrons. The van der Waals surface area contributed by atoms with E-state index in [1.807, 2.05) is 31.2 Å². The average molecular weight is 233 g/mol. The lowest BCUT2D eigenvalue weighted by molar-refractivity contribution is -0.131. The molecular formula is C13H15NO3. The largest absolute Gasteiger partial charge is 0.478 e. The van der Waals surface area contributed by atoms with Crippen LogP contribution >= 0.6 is 0 Å². The van der Waals surface area contributed by atoms with Crippen LogP contribution < -0.4 is 5.32 Å². The smallest absolute Gasteiger partial charge is 0.328 e. The van der Waals surface area contributed by atoms with Gasteiger partial charge in [0.05, 0.1) is 0 Å². The highest BCUT2D eigenvalue weighted by Crippen LogP contribution is 2.08. The number of hydrogen-bond acceptors (Lipinski definition) is 2. The molecule has 0 bridgehead atoms. The number of benzene rings is 1. The fourth-order valence-corrected chi connectivity index (χ4v) is 1.46. The second-order valence-corrected chi connectivity index (χ2v) is 3.51. The minimum absolute atomic E-state index is 0.404. The molecule has 0 saturated heterocycles. The molecule has 0 aromatic heterocycles. The lowest BCUT2D eigenvalue weighted by atomic mass is 10.1. The van der Waals surface area contributed by atoms with E-state index in [1.165, 1.54) is 5.56 Å². The van der Waals surface area contributed by atoms with Gasteiger partial charge in [-0.2, -0.15) is 0 Å². The van der Waals surface area contributed by atoms with Gasteiger partial charge in [-0.3, -0.25) is 4.79 Å². The van der Waals surface area contributed by atoms with Crippen LogP contribution in [0, 0.1) is 0 Å². The Balaban J connectivity index is 2.55. The molecule has 0 aliphatic heterocycles. The molecule has 0 aliphatic rings. The number of carboxylic acid groups (broad SMARTS) is 1. The Hall–Kier alpha value is -2.10. The van der Waals surface area contributed by atoms with Crippen molar-refractivity contribution in [1.29, 1.82) is 0 Å². The summed E-state index contributed by atoms with van der Waals surface area (Å²) in [5.74, 6) is -1.53. The third kappa shape index (κ3) is 4.51. The number of carbonyl (C=O) groups is 2. The molecule has 0 atom stereocenters. The zero-order valence-corrected chi connectivity index (χ0v) is 9.64. The van der Waals surface area contributed by atoms with Gasteiger partial charge in [0, 0.05) is 18.7 Å². The van der Waals surface area contributed by atoms with E-state index in [2.05, 4.69) is 5.32 Å². The molecular weight excluding hydrogens is 218 g/mol. The minimum atomic E-state index is -1.13. The van der Waals surface area contributed by atoms with Crippen molar-refractivity contribution in [1.82, 2.24) is 5.32 Å². The summed E-state index contributed by atoms with van der Waals surface area (Å²) in [5.41, 5.74) is 2.22. The van der Waals surface area contributed by atoms with Crippen molar-refractivity contribution in [2.45, 2.75) is 19.9 Å². The Morgan fingerprint density at radius 3 is 2.47 bits per heavy atom. The number of aryl methyl sites for hydroxylation is 1. The van der Waals surface area contributed by atoms with Gasteiger partial charge in [0.1, 0.15) is 0 Å². The van der Waals surface area contributed by atoms with Gasteiger partial charge in [-0.15, -0.1) is 0 Å². The maximum Gasteiger partial charge on any atom is 0.328 e. The first-order valence-corrected chi connectivity index (χ1v) is 5.39. The molecule has 1 aromatic rings. The number of aliphatic carboxylic acids is 1. The number of carboxylic acids is 1. The molecule has 0 heterocycles. The normalized spacial score (nSPS) is 10.4. The van der Waals surface area contributed by atoms with Crippen LogP contribution in [0.25, 0.3) is 0 Å². The Morgan fingerprint density at radius 2 is 1.88 bits per heavy atom. The van der Waals surface area contributed by atoms with E-state index >= 15 is 0 Å². The van der Waals surface area contributed by atoms with Gasteiger partial charge in [-0.25, -0.2) is 4.79 Å². The van der Waals surface area contributed by atoms with Crippen LogP contribution in [0.1, 0.15) is 18.1 Å². The predicted molar refractivity (Wildman–Crippen MR) is 64.4 cm³/mol. The molecule has 0 fully saturated rings. The van der Waals surface area contributed by atoms with E-state index < -0.39 is 11.9 Å². The maximum atomic E-state index is 11.3. The molecule has 0 aliphatic carbocycles. The second-order valence-electron chi connectivity index (χ2n) is 3.51. The topological polar surface area (TPSA) is 66.4 Å². The highest BCUT2D eigenvalue weighted by molar-refractivity contribution is 5.93. The van der Waals surface area contributed by atoms with Crippen LogP contribution in [0.2, 0.25) is 0 Å². The molecule has 4 heteroatoms. The third-order valence-electron chi connectivity index (χ3n) is 2.33. The fraction of sp³-hybridized carbons (Fsp3) is 0.231. The van der Waals surface area contributed by atoms with Gasteiger partial charge in [0.2, 0.25) is 5.91 Å². The van der Waals surface area contributed by atoms with Gasteiger partial charge < -0.3 is 10.4 Å². The second kappa shape index (κ2) is 6.48. The van der Waals surface area contributed by atoms with Crippen LogP contribution in [0.4, 0.5) is 0 Å². The summed E-state index contributed by atoms with van der Waals surface area (Å²) >= 11 is 0. The summed E-state index contributed by atoms with van der Waals surface area (Å²) in [6, 6.07) is 7.82. The van der Waals surface area contributed by atoms with Crippen LogP contribution in [0.15, 0.2) is 36.4 Å². The lowest BCUT2D eigenvalue weighted by Crippen LogP contribution is -2.21. The van der Waals surface area contributed by atoms with Crippen molar-refractivity contribution < 1.29 is 14.7 Å². The molecule has 0 unspecified atom stereocenters. The highest BCUT2D eigenvalue weighted by atomic mass is 16.4. The first kappa shape index (κ1) is 13.0. The molecule has 0 spiro atoms. The summed E-state index contributed by atoms with van der Waals surface area (Å²) in [4.78, 5) is 21.5. The standard InChI is InChI=1S/C13H15NO3/c1-2-10-5-3-4-6-11(10)9-14-12(15)7-8-13(16)17/h3-8H,2,9H2,1H3,(H,14,15)(H,16,17)/b8-7+. The van der Waals surface area contributed by atoms with Gasteiger partial charge in [-0.1, -0.05) is 31.2 Å². The number of rotatable bonds is 5. The van der Waals surface area contributed by atoms with Crippen molar-refractivity contribution in [2.75, 3.05) is 0 Å². The summed E-state index contributed by atoms with van der Waals surface area (Å²) in [6.07, 6.45) is 2.73. The fourth-order valence-electron chi connectivity index (χ4n) is 1.46. The van der Waals surface area contributed by atoms with E-state index in [4.69, 9.17) is 5.11 Å². The highest BCUT2D eigenvalue weighted by Gasteiger charge is 2.01. The quantitative estimate of drug-likeness (QED) is 0.757. The molecule has 1 amide bonds. The van der Waals surface area contributed by atoms with Crippen molar-refractivity contribution in [3.05, 3.63) is 47.5 Å². The first-order valence-electron chi connectivity index (χ1n) is 5.39. The van der Waals surface area contributed by atoms with Gasteiger partial charge in [0.25, 0.3) is 0 Å². The van der Waals surface area contributed by atoms with Crippen LogP contribution in [-0.4, -0.2) is 17.0 Å². The first-order chi connectivity index (χ1) is 8.13. The van der Waals surface area contributed by atoms with E-state index in [-0.39, 0.29) is 0 Å². The molecule has 90 valence electrons. The van der Waals surface area contributed by atoms with Gasteiger partial charge >= 0.3 is 5.97 Å². The van der Waals surface area contributed by atoms with Crippen molar-refractivity contribution in [2.24, 2.45) is 0 Å². The van der Waals surface area contributed by atoms with Crippen molar-refractivity contribution >= 4 is 11.9 Å². The SMILES string of the molecule is CCc1ccccc1CNC(=O)/C=C/C(=O)O. The van der Waals surface area contributed by atoms with Crippen LogP contribution in [0.5, 0.6) is 0 Å². The van der Waals surface area contributed by atoms with Crippen LogP contribution in [-0.2, 0) is 22.6 Å². The van der Waals surface area contributed by atoms with Crippen molar-refractivity contribution in [3.63, 3.8) is 0 Å². The van der Waals surface area contributed by atoms with Gasteiger partial charge in [-0.05, 0) is 17.5 Å². The Labute approximate surface area is 100.0 Å². The molecule has 4 nitrogen and oxygen atoms in total. The lowest BCUT2D eigenvalue weighted by Gasteiger charge is -2.07. The van der Waals surface area contributed by atoms with E-state index in [0.717, 1.165) is 24.1 Å². The molecule has 0 saturated carbocycles. The number of hydrogen-bond donors (Lipinski definition) is 2. The van der Waals surface area contributed by atoms with E-state index in [1.54, 1.807) is 0 Å². The monoisotopic (exact) mass is 233 g/mol. The summed E-state index contributed by atoms with van der Waals surface area (Å²) < 4.78 is 0. The summed E-state index contributed by atoms with van der Waals surface area (Å²) in [6.45, 7) is 2.46. The van der Waals surface area contributed by atoms with Crippen LogP contribution in [0.3, 0.4) is 0 Å². The maximum absolute atomic E-state index is 11.3. The van der Waals surface area contributed by atoms with E-state index in [9.17, 15) is 9.59 Å². The van der Waals surface area contributed by atoms with Gasteiger partial charge in [0.15, 0.2) is 0 Å². The molecule has 1 rings (SSSR count). The molecule has 1 aromatic carbocycles. The average Bonchev–Trinajstić information content (AvgIpc) is 2.34. The molecule has 17 heavy (non-hydrogen) atoms. The summed E-state index contributed by atoms with van der Waals surface area (Å²) in [7, 11) is 0. The zero-order chi connectivity index (χ0) is 12.7. The third-order valence-corrected chi connectivity index (χ3v) is 2.33. The Morgan fingerprint density at radius 1 is 1.24 bits per heavy atom. The van der Waals surface area contributed by atoms with Crippen molar-refractivity contribution in [3.8, 4) is 0 Å².